The Balaban J connectivity index is 2.40. The van der Waals surface area contributed by atoms with Crippen LogP contribution in [0.3, 0.4) is 0 Å². The molecule has 0 atom stereocenters. The van der Waals surface area contributed by atoms with Gasteiger partial charge in [0.25, 0.3) is 0 Å². The van der Waals surface area contributed by atoms with Gasteiger partial charge >= 0.3 is 38.0 Å². The van der Waals surface area contributed by atoms with Crippen LogP contribution >= 0.6 is 0 Å². The predicted molar refractivity (Wildman–Crippen MR) is 14.4 cm³/mol. The molecule has 0 saturated carbocycles. The molecule has 0 rings (SSSR count). The second-order valence-corrected chi connectivity index (χ2v) is 0.940. The van der Waals surface area contributed by atoms with Gasteiger partial charge in [-0.1, -0.05) is 0 Å². The number of hydrogen-bond acceptors (Lipinski definition) is 2. The summed E-state index contributed by atoms with van der Waals surface area (Å²) in [5.74, 6) is 0. The van der Waals surface area contributed by atoms with E-state index >= 15 is 0 Å². The van der Waals surface area contributed by atoms with Gasteiger partial charge in [-0.05, 0) is 0 Å². The fourth-order valence-corrected chi connectivity index (χ4v) is 0.156. The third kappa shape index (κ3) is 4.28. The maximum absolute atomic E-state index is 7.94. The number of rotatable bonds is 2. The second-order valence-electron chi connectivity index (χ2n) is 0.567. The van der Waals surface area contributed by atoms with Crippen molar-refractivity contribution >= 4 is 0 Å². The molecule has 2 nitrogen and oxygen atoms in total. The molecule has 0 unspecified atom stereocenters. The second kappa shape index (κ2) is 4.28. The van der Waals surface area contributed by atoms with Crippen LogP contribution in [0.1, 0.15) is 0 Å². The molecule has 0 saturated heterocycles. The fourth-order valence-electron chi connectivity index (χ4n) is 0.0378. The van der Waals surface area contributed by atoms with Crippen LogP contribution in [0.4, 0.5) is 0 Å². The molecule has 0 radical (unpaired) electrons. The molecule has 0 bridgehead atoms. The van der Waals surface area contributed by atoms with Gasteiger partial charge in [0.15, 0.2) is 0 Å². The quantitative estimate of drug-likeness (QED) is 0.491. The first-order valence-corrected chi connectivity index (χ1v) is 1.83. The van der Waals surface area contributed by atoms with Gasteiger partial charge in [-0.15, -0.1) is 0 Å². The molecular weight excluding hydrogens is 109 g/mol. The summed E-state index contributed by atoms with van der Waals surface area (Å²) in [7, 11) is 0. The molecule has 31 valence electrons. The van der Waals surface area contributed by atoms with E-state index in [1.54, 1.807) is 0 Å². The Labute approximate surface area is 38.8 Å². The summed E-state index contributed by atoms with van der Waals surface area (Å²) in [4.78, 5) is 0. The maximum atomic E-state index is 7.94. The molecule has 0 aromatic carbocycles. The Morgan fingerprint density at radius 2 is 2.40 bits per heavy atom. The molecule has 0 aromatic heterocycles. The van der Waals surface area contributed by atoms with Crippen molar-refractivity contribution in [3.63, 3.8) is 0 Å². The van der Waals surface area contributed by atoms with E-state index in [2.05, 4.69) is 19.8 Å². The molecule has 3 heteroatoms. The third-order valence-corrected chi connectivity index (χ3v) is 0.448. The first kappa shape index (κ1) is 5.28. The van der Waals surface area contributed by atoms with E-state index in [-0.39, 0.29) is 6.61 Å². The van der Waals surface area contributed by atoms with Crippen LogP contribution in [0.2, 0.25) is 0 Å². The molecule has 5 heavy (non-hydrogen) atoms. The van der Waals surface area contributed by atoms with Crippen molar-refractivity contribution in [1.29, 1.82) is 0 Å². The Morgan fingerprint density at radius 1 is 1.80 bits per heavy atom. The number of aliphatic hydroxyl groups excluding tert-OH is 1. The summed E-state index contributed by atoms with van der Waals surface area (Å²) in [6, 6.07) is 0. The zero-order chi connectivity index (χ0) is 4.12. The number of nitrogens with zero attached hydrogens (tertiary/aromatic N) is 1. The van der Waals surface area contributed by atoms with Crippen molar-refractivity contribution in [1.82, 2.24) is 0 Å². The normalized spacial score (nSPS) is 7.40. The standard InChI is InChI=1S/C2H5NO.Mn/c3-1-2-4;/h4H,1-2H2;. The zero-order valence-electron chi connectivity index (χ0n) is 2.69. The average molecular weight is 114 g/mol. The van der Waals surface area contributed by atoms with Crippen LogP contribution in [-0.4, -0.2) is 18.3 Å². The minimum absolute atomic E-state index is 0.130. The van der Waals surface area contributed by atoms with Gasteiger partial charge < -0.3 is 0 Å². The number of hydrogen-bond donors (Lipinski definition) is 1. The summed E-state index contributed by atoms with van der Waals surface area (Å²) in [5.41, 5.74) is 0. The van der Waals surface area contributed by atoms with Gasteiger partial charge in [-0.2, -0.15) is 0 Å². The van der Waals surface area contributed by atoms with E-state index in [1.807, 2.05) is 0 Å². The monoisotopic (exact) mass is 114 g/mol. The Kier molecular flexibility index (Phi) is 4.52. The summed E-state index contributed by atoms with van der Waals surface area (Å²) in [5, 5.41) is 7.94. The molecule has 1 N–H and O–H groups in total. The van der Waals surface area contributed by atoms with Gasteiger partial charge in [0.05, 0.1) is 0 Å². The summed E-state index contributed by atoms with van der Waals surface area (Å²) in [6.45, 7) is 0.616. The summed E-state index contributed by atoms with van der Waals surface area (Å²) < 4.78 is 3.42. The Bertz CT molecular complexity index is 30.8. The summed E-state index contributed by atoms with van der Waals surface area (Å²) in [6.07, 6.45) is 0. The van der Waals surface area contributed by atoms with Crippen molar-refractivity contribution in [3.8, 4) is 0 Å². The Morgan fingerprint density at radius 3 is 2.40 bits per heavy atom. The van der Waals surface area contributed by atoms with E-state index in [9.17, 15) is 0 Å². The van der Waals surface area contributed by atoms with E-state index < -0.39 is 0 Å². The van der Waals surface area contributed by atoms with E-state index in [1.165, 1.54) is 0 Å². The van der Waals surface area contributed by atoms with E-state index in [4.69, 9.17) is 5.11 Å². The average Bonchev–Trinajstić information content (AvgIpc) is 1.41. The molecule has 0 aromatic rings. The fraction of sp³-hybridized carbons (Fsp3) is 1.00. The van der Waals surface area contributed by atoms with Gasteiger partial charge in [-0.3, -0.25) is 0 Å². The van der Waals surface area contributed by atoms with E-state index in [0.717, 1.165) is 0 Å². The molecule has 0 spiro atoms. The van der Waals surface area contributed by atoms with Crippen LogP contribution in [0.15, 0.2) is 3.96 Å². The number of aliphatic hydroxyl groups is 1. The van der Waals surface area contributed by atoms with Crippen molar-refractivity contribution < 1.29 is 20.9 Å². The van der Waals surface area contributed by atoms with Crippen molar-refractivity contribution in [2.24, 2.45) is 3.96 Å². The molecular formula is C2H5MnNO. The molecule has 0 heterocycles. The van der Waals surface area contributed by atoms with Gasteiger partial charge in [-0.25, -0.2) is 0 Å². The first-order valence-electron chi connectivity index (χ1n) is 1.30. The molecule has 0 fully saturated rings. The predicted octanol–water partition coefficient (Wildman–Crippen LogP) is -0.291. The minimum atomic E-state index is 0.130. The molecule has 0 aliphatic rings. The third-order valence-electron chi connectivity index (χ3n) is 0.185. The van der Waals surface area contributed by atoms with E-state index in [0.29, 0.717) is 6.54 Å². The van der Waals surface area contributed by atoms with Crippen LogP contribution in [0, 0.1) is 0 Å². The van der Waals surface area contributed by atoms with Crippen molar-refractivity contribution in [2.45, 2.75) is 0 Å². The van der Waals surface area contributed by atoms with Crippen LogP contribution in [-0.2, 0) is 15.8 Å². The van der Waals surface area contributed by atoms with Crippen LogP contribution in [0.5, 0.6) is 0 Å². The first-order chi connectivity index (χ1) is 2.41. The van der Waals surface area contributed by atoms with Crippen molar-refractivity contribution in [3.05, 3.63) is 0 Å². The molecule has 0 aliphatic carbocycles. The van der Waals surface area contributed by atoms with Crippen molar-refractivity contribution in [2.75, 3.05) is 13.2 Å². The SMILES string of the molecule is OCC[N]=[Mn]. The van der Waals surface area contributed by atoms with Gasteiger partial charge in [0, 0.05) is 0 Å². The Hall–Kier alpha value is 0.279. The molecule has 0 amide bonds. The van der Waals surface area contributed by atoms with Gasteiger partial charge in [0.1, 0.15) is 0 Å². The van der Waals surface area contributed by atoms with Gasteiger partial charge in [0.2, 0.25) is 0 Å². The van der Waals surface area contributed by atoms with Crippen LogP contribution < -0.4 is 0 Å². The van der Waals surface area contributed by atoms with Crippen LogP contribution in [0.25, 0.3) is 0 Å². The zero-order valence-corrected chi connectivity index (χ0v) is 3.87. The topological polar surface area (TPSA) is 32.6 Å². The summed E-state index contributed by atoms with van der Waals surface area (Å²) >= 11 is 2.77. The molecule has 0 aliphatic heterocycles.